The molecule has 1 heterocycles. The molecule has 6 heteroatoms. The highest BCUT2D eigenvalue weighted by atomic mass is 32.1. The number of carbonyl (C=O) groups is 1. The first-order chi connectivity index (χ1) is 9.15. The van der Waals surface area contributed by atoms with Crippen LogP contribution in [0.15, 0.2) is 18.2 Å². The lowest BCUT2D eigenvalue weighted by Gasteiger charge is -2.06. The molecule has 102 valence electrons. The SMILES string of the molecule is COCc1cccc2sc(NC(=O)C(C)CN)nc12. The molecule has 5 nitrogen and oxygen atoms in total. The average Bonchev–Trinajstić information content (AvgIpc) is 2.81. The smallest absolute Gasteiger partial charge is 0.230 e. The molecular formula is C13H17N3O2S. The van der Waals surface area contributed by atoms with Gasteiger partial charge in [0.1, 0.15) is 0 Å². The summed E-state index contributed by atoms with van der Waals surface area (Å²) in [5, 5.41) is 3.40. The quantitative estimate of drug-likeness (QED) is 0.877. The Hall–Kier alpha value is -1.50. The molecule has 1 atom stereocenters. The molecule has 0 spiro atoms. The van der Waals surface area contributed by atoms with Crippen molar-refractivity contribution in [1.82, 2.24) is 4.98 Å². The van der Waals surface area contributed by atoms with E-state index in [0.717, 1.165) is 15.8 Å². The van der Waals surface area contributed by atoms with Crippen LogP contribution in [-0.4, -0.2) is 24.5 Å². The maximum absolute atomic E-state index is 11.8. The lowest BCUT2D eigenvalue weighted by Crippen LogP contribution is -2.26. The Bertz CT molecular complexity index is 582. The van der Waals surface area contributed by atoms with Crippen molar-refractivity contribution < 1.29 is 9.53 Å². The first-order valence-electron chi connectivity index (χ1n) is 6.04. The second-order valence-corrected chi connectivity index (χ2v) is 5.37. The van der Waals surface area contributed by atoms with E-state index >= 15 is 0 Å². The van der Waals surface area contributed by atoms with Crippen LogP contribution in [0.25, 0.3) is 10.2 Å². The number of aromatic nitrogens is 1. The summed E-state index contributed by atoms with van der Waals surface area (Å²) in [5.74, 6) is -0.319. The molecule has 1 aromatic heterocycles. The highest BCUT2D eigenvalue weighted by molar-refractivity contribution is 7.22. The van der Waals surface area contributed by atoms with Crippen molar-refractivity contribution in [3.63, 3.8) is 0 Å². The summed E-state index contributed by atoms with van der Waals surface area (Å²) in [6, 6.07) is 5.91. The van der Waals surface area contributed by atoms with Crippen molar-refractivity contribution in [1.29, 1.82) is 0 Å². The van der Waals surface area contributed by atoms with Crippen LogP contribution in [0.3, 0.4) is 0 Å². The minimum Gasteiger partial charge on any atom is -0.380 e. The molecule has 19 heavy (non-hydrogen) atoms. The number of fused-ring (bicyclic) bond motifs is 1. The topological polar surface area (TPSA) is 77.2 Å². The van der Waals surface area contributed by atoms with Crippen LogP contribution in [0.1, 0.15) is 12.5 Å². The second kappa shape index (κ2) is 6.10. The number of ether oxygens (including phenoxy) is 1. The fraction of sp³-hybridized carbons (Fsp3) is 0.385. The summed E-state index contributed by atoms with van der Waals surface area (Å²) in [6.45, 7) is 2.62. The molecule has 0 fully saturated rings. The van der Waals surface area contributed by atoms with Crippen molar-refractivity contribution in [3.8, 4) is 0 Å². The molecule has 0 aliphatic heterocycles. The fourth-order valence-electron chi connectivity index (χ4n) is 1.67. The number of nitrogens with one attached hydrogen (secondary N) is 1. The molecule has 0 radical (unpaired) electrons. The van der Waals surface area contributed by atoms with Gasteiger partial charge >= 0.3 is 0 Å². The molecule has 0 saturated carbocycles. The van der Waals surface area contributed by atoms with Crippen LogP contribution in [0.2, 0.25) is 0 Å². The summed E-state index contributed by atoms with van der Waals surface area (Å²) in [5.41, 5.74) is 7.37. The van der Waals surface area contributed by atoms with Crippen molar-refractivity contribution in [3.05, 3.63) is 23.8 Å². The summed E-state index contributed by atoms with van der Waals surface area (Å²) in [4.78, 5) is 16.2. The number of rotatable bonds is 5. The summed E-state index contributed by atoms with van der Waals surface area (Å²) in [6.07, 6.45) is 0. The Morgan fingerprint density at radius 2 is 2.37 bits per heavy atom. The van der Waals surface area contributed by atoms with E-state index in [1.165, 1.54) is 11.3 Å². The van der Waals surface area contributed by atoms with Crippen LogP contribution in [0.4, 0.5) is 5.13 Å². The standard InChI is InChI=1S/C13H17N3O2S/c1-8(6-14)12(17)16-13-15-11-9(7-18-2)4-3-5-10(11)19-13/h3-5,8H,6-7,14H2,1-2H3,(H,15,16,17). The monoisotopic (exact) mass is 279 g/mol. The van der Waals surface area contributed by atoms with Gasteiger partial charge in [-0.05, 0) is 6.07 Å². The molecule has 0 saturated heterocycles. The molecule has 3 N–H and O–H groups in total. The third-order valence-corrected chi connectivity index (χ3v) is 3.77. The fourth-order valence-corrected chi connectivity index (χ4v) is 2.58. The third-order valence-electron chi connectivity index (χ3n) is 2.83. The van der Waals surface area contributed by atoms with Gasteiger partial charge < -0.3 is 15.8 Å². The highest BCUT2D eigenvalue weighted by Gasteiger charge is 2.14. The summed E-state index contributed by atoms with van der Waals surface area (Å²) < 4.78 is 6.18. The van der Waals surface area contributed by atoms with Gasteiger partial charge in [-0.25, -0.2) is 4.98 Å². The number of anilines is 1. The van der Waals surface area contributed by atoms with E-state index in [9.17, 15) is 4.79 Å². The number of hydrogen-bond acceptors (Lipinski definition) is 5. The molecule has 2 rings (SSSR count). The Morgan fingerprint density at radius 1 is 1.58 bits per heavy atom. The number of benzene rings is 1. The first-order valence-corrected chi connectivity index (χ1v) is 6.85. The Labute approximate surface area is 115 Å². The molecule has 1 unspecified atom stereocenters. The van der Waals surface area contributed by atoms with Gasteiger partial charge in [0.25, 0.3) is 0 Å². The maximum atomic E-state index is 11.8. The number of amides is 1. The predicted molar refractivity (Wildman–Crippen MR) is 77.2 cm³/mol. The molecule has 2 aromatic rings. The maximum Gasteiger partial charge on any atom is 0.230 e. The number of nitrogens with two attached hydrogens (primary N) is 1. The van der Waals surface area contributed by atoms with E-state index in [0.29, 0.717) is 18.3 Å². The van der Waals surface area contributed by atoms with Gasteiger partial charge in [0.15, 0.2) is 5.13 Å². The van der Waals surface area contributed by atoms with E-state index in [1.54, 1.807) is 14.0 Å². The molecule has 0 aliphatic carbocycles. The molecule has 1 amide bonds. The number of carbonyl (C=O) groups excluding carboxylic acids is 1. The summed E-state index contributed by atoms with van der Waals surface area (Å²) in [7, 11) is 1.65. The van der Waals surface area contributed by atoms with Crippen LogP contribution in [0, 0.1) is 5.92 Å². The molecule has 0 bridgehead atoms. The van der Waals surface area contributed by atoms with Crippen molar-refractivity contribution >= 4 is 32.6 Å². The van der Waals surface area contributed by atoms with Crippen molar-refractivity contribution in [2.75, 3.05) is 19.0 Å². The minimum atomic E-state index is -0.217. The number of methoxy groups -OCH3 is 1. The van der Waals surface area contributed by atoms with Crippen molar-refractivity contribution in [2.24, 2.45) is 11.7 Å². The Kier molecular flexibility index (Phi) is 4.47. The van der Waals surface area contributed by atoms with Gasteiger partial charge in [-0.1, -0.05) is 30.4 Å². The second-order valence-electron chi connectivity index (χ2n) is 4.34. The van der Waals surface area contributed by atoms with Gasteiger partial charge in [-0.3, -0.25) is 4.79 Å². The number of nitrogens with zero attached hydrogens (tertiary/aromatic N) is 1. The van der Waals surface area contributed by atoms with Crippen LogP contribution in [-0.2, 0) is 16.1 Å². The van der Waals surface area contributed by atoms with Gasteiger partial charge in [0.05, 0.1) is 16.8 Å². The average molecular weight is 279 g/mol. The normalized spacial score (nSPS) is 12.6. The van der Waals surface area contributed by atoms with E-state index in [-0.39, 0.29) is 11.8 Å². The van der Waals surface area contributed by atoms with Crippen LogP contribution >= 0.6 is 11.3 Å². The van der Waals surface area contributed by atoms with Gasteiger partial charge in [0, 0.05) is 25.1 Å². The Morgan fingerprint density at radius 3 is 3.05 bits per heavy atom. The van der Waals surface area contributed by atoms with E-state index in [2.05, 4.69) is 10.3 Å². The van der Waals surface area contributed by atoms with Crippen LogP contribution < -0.4 is 11.1 Å². The lowest BCUT2D eigenvalue weighted by molar-refractivity contribution is -0.119. The number of thiazole rings is 1. The van der Waals surface area contributed by atoms with E-state index in [4.69, 9.17) is 10.5 Å². The minimum absolute atomic E-state index is 0.102. The van der Waals surface area contributed by atoms with E-state index in [1.807, 2.05) is 18.2 Å². The zero-order chi connectivity index (χ0) is 13.8. The zero-order valence-electron chi connectivity index (χ0n) is 11.0. The van der Waals surface area contributed by atoms with Gasteiger partial charge in [0.2, 0.25) is 5.91 Å². The number of hydrogen-bond donors (Lipinski definition) is 2. The Balaban J connectivity index is 2.26. The highest BCUT2D eigenvalue weighted by Crippen LogP contribution is 2.28. The molecule has 0 aliphatic rings. The molecule has 1 aromatic carbocycles. The summed E-state index contributed by atoms with van der Waals surface area (Å²) >= 11 is 1.45. The van der Waals surface area contributed by atoms with Crippen LogP contribution in [0.5, 0.6) is 0 Å². The first kappa shape index (κ1) is 13.9. The lowest BCUT2D eigenvalue weighted by atomic mass is 10.2. The largest absolute Gasteiger partial charge is 0.380 e. The third kappa shape index (κ3) is 3.09. The number of para-hydroxylation sites is 1. The van der Waals surface area contributed by atoms with Crippen molar-refractivity contribution in [2.45, 2.75) is 13.5 Å². The van der Waals surface area contributed by atoms with Gasteiger partial charge in [-0.15, -0.1) is 0 Å². The zero-order valence-corrected chi connectivity index (χ0v) is 11.8. The molecular weight excluding hydrogens is 262 g/mol. The predicted octanol–water partition coefficient (Wildman–Crippen LogP) is 1.98. The van der Waals surface area contributed by atoms with E-state index < -0.39 is 0 Å². The van der Waals surface area contributed by atoms with Gasteiger partial charge in [-0.2, -0.15) is 0 Å².